The summed E-state index contributed by atoms with van der Waals surface area (Å²) in [5.41, 5.74) is -0.312. The van der Waals surface area contributed by atoms with Gasteiger partial charge in [0.25, 0.3) is 0 Å². The zero-order valence-corrected chi connectivity index (χ0v) is 12.4. The van der Waals surface area contributed by atoms with Crippen LogP contribution in [0.4, 0.5) is 0 Å². The second kappa shape index (κ2) is 5.38. The predicted octanol–water partition coefficient (Wildman–Crippen LogP) is -0.474. The Morgan fingerprint density at radius 3 is 2.47 bits per heavy atom. The Morgan fingerprint density at radius 1 is 1.37 bits per heavy atom. The van der Waals surface area contributed by atoms with Crippen LogP contribution in [0.2, 0.25) is 0 Å². The third-order valence-electron chi connectivity index (χ3n) is 4.18. The van der Waals surface area contributed by atoms with Crippen molar-refractivity contribution < 1.29 is 13.2 Å². The minimum absolute atomic E-state index is 0.0929. The van der Waals surface area contributed by atoms with Crippen LogP contribution in [0.1, 0.15) is 26.2 Å². The fourth-order valence-electron chi connectivity index (χ4n) is 2.70. The standard InChI is InChI=1S/C12H23N3O3S/c1-12(5-6-13-9-12)11(16)14-10-3-7-15(8-4-10)19(2,17)18/h10,13H,3-9H2,1-2H3,(H,14,16). The van der Waals surface area contributed by atoms with Crippen LogP contribution in [0.3, 0.4) is 0 Å². The molecule has 0 spiro atoms. The van der Waals surface area contributed by atoms with Crippen molar-refractivity contribution >= 4 is 15.9 Å². The predicted molar refractivity (Wildman–Crippen MR) is 73.2 cm³/mol. The molecule has 6 nitrogen and oxygen atoms in total. The third kappa shape index (κ3) is 3.46. The molecule has 2 fully saturated rings. The van der Waals surface area contributed by atoms with Crippen LogP contribution >= 0.6 is 0 Å². The lowest BCUT2D eigenvalue weighted by Crippen LogP contribution is -2.50. The van der Waals surface area contributed by atoms with Crippen molar-refractivity contribution in [3.8, 4) is 0 Å². The average Bonchev–Trinajstić information content (AvgIpc) is 2.77. The maximum Gasteiger partial charge on any atom is 0.227 e. The van der Waals surface area contributed by atoms with Gasteiger partial charge in [0.1, 0.15) is 0 Å². The number of piperidine rings is 1. The Labute approximate surface area is 115 Å². The molecule has 2 saturated heterocycles. The van der Waals surface area contributed by atoms with E-state index in [1.807, 2.05) is 6.92 Å². The molecule has 0 saturated carbocycles. The van der Waals surface area contributed by atoms with Gasteiger partial charge >= 0.3 is 0 Å². The number of nitrogens with one attached hydrogen (secondary N) is 2. The molecule has 1 atom stereocenters. The van der Waals surface area contributed by atoms with E-state index in [-0.39, 0.29) is 17.4 Å². The summed E-state index contributed by atoms with van der Waals surface area (Å²) in [5.74, 6) is 0.0929. The van der Waals surface area contributed by atoms with E-state index in [2.05, 4.69) is 10.6 Å². The number of amides is 1. The molecule has 1 amide bonds. The van der Waals surface area contributed by atoms with E-state index in [0.717, 1.165) is 19.5 Å². The molecule has 0 aliphatic carbocycles. The highest BCUT2D eigenvalue weighted by molar-refractivity contribution is 7.88. The number of nitrogens with zero attached hydrogens (tertiary/aromatic N) is 1. The van der Waals surface area contributed by atoms with Gasteiger partial charge in [0.2, 0.25) is 15.9 Å². The lowest BCUT2D eigenvalue weighted by Gasteiger charge is -2.32. The quantitative estimate of drug-likeness (QED) is 0.736. The molecule has 1 unspecified atom stereocenters. The summed E-state index contributed by atoms with van der Waals surface area (Å²) in [4.78, 5) is 12.2. The topological polar surface area (TPSA) is 78.5 Å². The molecular formula is C12H23N3O3S. The van der Waals surface area contributed by atoms with Crippen molar-refractivity contribution in [3.63, 3.8) is 0 Å². The molecule has 2 rings (SSSR count). The second-order valence-electron chi connectivity index (χ2n) is 5.90. The zero-order chi connectivity index (χ0) is 14.1. The van der Waals surface area contributed by atoms with Gasteiger partial charge in [-0.15, -0.1) is 0 Å². The Bertz CT molecular complexity index is 435. The first kappa shape index (κ1) is 14.7. The summed E-state index contributed by atoms with van der Waals surface area (Å²) in [7, 11) is -3.09. The fourth-order valence-corrected chi connectivity index (χ4v) is 3.58. The SMILES string of the molecule is CC1(C(=O)NC2CCN(S(C)(=O)=O)CC2)CCNC1. The Hall–Kier alpha value is -0.660. The second-order valence-corrected chi connectivity index (χ2v) is 7.88. The summed E-state index contributed by atoms with van der Waals surface area (Å²) < 4.78 is 24.3. The average molecular weight is 289 g/mol. The van der Waals surface area contributed by atoms with Gasteiger partial charge in [0, 0.05) is 25.7 Å². The smallest absolute Gasteiger partial charge is 0.227 e. The van der Waals surface area contributed by atoms with Gasteiger partial charge in [-0.2, -0.15) is 0 Å². The lowest BCUT2D eigenvalue weighted by molar-refractivity contribution is -0.130. The molecule has 0 aromatic rings. The highest BCUT2D eigenvalue weighted by Gasteiger charge is 2.37. The first-order valence-electron chi connectivity index (χ1n) is 6.78. The van der Waals surface area contributed by atoms with E-state index in [1.165, 1.54) is 10.6 Å². The first-order chi connectivity index (χ1) is 8.81. The van der Waals surface area contributed by atoms with Crippen LogP contribution in [0, 0.1) is 5.41 Å². The molecule has 2 heterocycles. The summed E-state index contributed by atoms with van der Waals surface area (Å²) in [6.07, 6.45) is 3.49. The van der Waals surface area contributed by atoms with Crippen molar-refractivity contribution in [1.82, 2.24) is 14.9 Å². The van der Waals surface area contributed by atoms with Crippen LogP contribution in [0.5, 0.6) is 0 Å². The number of rotatable bonds is 3. The Morgan fingerprint density at radius 2 is 2.00 bits per heavy atom. The molecule has 2 N–H and O–H groups in total. The molecule has 0 aromatic carbocycles. The molecule has 0 bridgehead atoms. The van der Waals surface area contributed by atoms with Crippen molar-refractivity contribution in [1.29, 1.82) is 0 Å². The van der Waals surface area contributed by atoms with Crippen molar-refractivity contribution in [3.05, 3.63) is 0 Å². The third-order valence-corrected chi connectivity index (χ3v) is 5.48. The maximum absolute atomic E-state index is 12.2. The lowest BCUT2D eigenvalue weighted by atomic mass is 9.88. The van der Waals surface area contributed by atoms with Crippen LogP contribution in [-0.4, -0.2) is 57.1 Å². The van der Waals surface area contributed by atoms with Crippen LogP contribution < -0.4 is 10.6 Å². The summed E-state index contributed by atoms with van der Waals surface area (Å²) >= 11 is 0. The van der Waals surface area contributed by atoms with Crippen molar-refractivity contribution in [2.45, 2.75) is 32.2 Å². The first-order valence-corrected chi connectivity index (χ1v) is 8.63. The van der Waals surface area contributed by atoms with E-state index in [0.29, 0.717) is 25.9 Å². The van der Waals surface area contributed by atoms with Gasteiger partial charge < -0.3 is 10.6 Å². The minimum Gasteiger partial charge on any atom is -0.353 e. The molecule has 0 radical (unpaired) electrons. The Balaban J connectivity index is 1.84. The number of hydrogen-bond acceptors (Lipinski definition) is 4. The molecule has 2 aliphatic rings. The van der Waals surface area contributed by atoms with Gasteiger partial charge in [-0.1, -0.05) is 0 Å². The summed E-state index contributed by atoms with van der Waals surface area (Å²) in [6.45, 7) is 4.59. The van der Waals surface area contributed by atoms with Crippen molar-refractivity contribution in [2.75, 3.05) is 32.4 Å². The monoisotopic (exact) mass is 289 g/mol. The minimum atomic E-state index is -3.09. The normalized spacial score (nSPS) is 30.4. The number of carbonyl (C=O) groups excluding carboxylic acids is 1. The van der Waals surface area contributed by atoms with Gasteiger partial charge in [0.05, 0.1) is 11.7 Å². The molecule has 19 heavy (non-hydrogen) atoms. The number of carbonyl (C=O) groups is 1. The van der Waals surface area contributed by atoms with E-state index in [4.69, 9.17) is 0 Å². The van der Waals surface area contributed by atoms with E-state index < -0.39 is 10.0 Å². The summed E-state index contributed by atoms with van der Waals surface area (Å²) in [6, 6.07) is 0.0999. The van der Waals surface area contributed by atoms with E-state index in [9.17, 15) is 13.2 Å². The van der Waals surface area contributed by atoms with Crippen LogP contribution in [0.15, 0.2) is 0 Å². The van der Waals surface area contributed by atoms with Crippen LogP contribution in [-0.2, 0) is 14.8 Å². The fraction of sp³-hybridized carbons (Fsp3) is 0.917. The zero-order valence-electron chi connectivity index (χ0n) is 11.6. The maximum atomic E-state index is 12.2. The van der Waals surface area contributed by atoms with E-state index in [1.54, 1.807) is 0 Å². The molecule has 7 heteroatoms. The molecule has 110 valence electrons. The summed E-state index contributed by atoms with van der Waals surface area (Å²) in [5, 5.41) is 6.28. The van der Waals surface area contributed by atoms with Gasteiger partial charge in [-0.3, -0.25) is 4.79 Å². The van der Waals surface area contributed by atoms with Gasteiger partial charge in [-0.05, 0) is 32.7 Å². The molecule has 2 aliphatic heterocycles. The van der Waals surface area contributed by atoms with Gasteiger partial charge in [0.15, 0.2) is 0 Å². The number of hydrogen-bond donors (Lipinski definition) is 2. The van der Waals surface area contributed by atoms with Crippen LogP contribution in [0.25, 0.3) is 0 Å². The molecular weight excluding hydrogens is 266 g/mol. The van der Waals surface area contributed by atoms with Crippen molar-refractivity contribution in [2.24, 2.45) is 5.41 Å². The number of sulfonamides is 1. The molecule has 0 aromatic heterocycles. The van der Waals surface area contributed by atoms with Gasteiger partial charge in [-0.25, -0.2) is 12.7 Å². The largest absolute Gasteiger partial charge is 0.353 e. The van der Waals surface area contributed by atoms with E-state index >= 15 is 0 Å². The highest BCUT2D eigenvalue weighted by atomic mass is 32.2. The highest BCUT2D eigenvalue weighted by Crippen LogP contribution is 2.25. The Kier molecular flexibility index (Phi) is 4.17.